The predicted octanol–water partition coefficient (Wildman–Crippen LogP) is 11.4. The molecule has 0 bridgehead atoms. The topological polar surface area (TPSA) is 28.3 Å². The summed E-state index contributed by atoms with van der Waals surface area (Å²) in [5.74, 6) is 3.33. The van der Waals surface area contributed by atoms with Crippen molar-refractivity contribution in [1.29, 1.82) is 0 Å². The van der Waals surface area contributed by atoms with Crippen LogP contribution in [0.25, 0.3) is 21.8 Å². The smallest absolute Gasteiger partial charge is 0.129 e. The Morgan fingerprint density at radius 3 is 1.51 bits per heavy atom. The molecule has 4 nitrogen and oxygen atoms in total. The molecule has 0 aliphatic heterocycles. The van der Waals surface area contributed by atoms with Gasteiger partial charge in [-0.1, -0.05) is 100 Å². The number of hydrogen-bond acceptors (Lipinski definition) is 2. The van der Waals surface area contributed by atoms with Gasteiger partial charge in [-0.3, -0.25) is 0 Å². The number of fused-ring (bicyclic) bond motifs is 2. The highest BCUT2D eigenvalue weighted by atomic mass is 79.9. The number of ether oxygens (including phenoxy) is 2. The molecule has 0 aliphatic carbocycles. The third-order valence-electron chi connectivity index (χ3n) is 6.97. The first-order valence-electron chi connectivity index (χ1n) is 16.7. The van der Waals surface area contributed by atoms with Crippen LogP contribution in [0.2, 0.25) is 90.7 Å². The molecule has 4 aromatic rings. The van der Waals surface area contributed by atoms with Gasteiger partial charge in [0, 0.05) is 62.6 Å². The Kier molecular flexibility index (Phi) is 15.8. The van der Waals surface area contributed by atoms with Crippen molar-refractivity contribution >= 4 is 70.0 Å². The molecule has 0 spiro atoms. The van der Waals surface area contributed by atoms with Gasteiger partial charge >= 0.3 is 0 Å². The molecule has 0 amide bonds. The van der Waals surface area contributed by atoms with Gasteiger partial charge in [0.15, 0.2) is 0 Å². The highest BCUT2D eigenvalue weighted by Crippen LogP contribution is 2.21. The van der Waals surface area contributed by atoms with E-state index in [-0.39, 0.29) is 0 Å². The summed E-state index contributed by atoms with van der Waals surface area (Å²) in [7, 11) is -4.42. The van der Waals surface area contributed by atoms with Gasteiger partial charge in [0.2, 0.25) is 0 Å². The first-order valence-corrected chi connectivity index (χ1v) is 31.9. The van der Waals surface area contributed by atoms with E-state index in [1.54, 1.807) is 0 Å². The van der Waals surface area contributed by atoms with Crippen LogP contribution in [0.5, 0.6) is 0 Å². The van der Waals surface area contributed by atoms with E-state index in [4.69, 9.17) is 15.9 Å². The fraction of sp³-hybridized carbons (Fsp3) is 0.474. The molecular weight excluding hydrogens is 709 g/mol. The SMILES string of the molecule is C#C[Si](C)(C)C.C[Si](C)(C)C#Cc1ccc2c(ccn2COCC[Si](C)(C)C)c1.C[Si](C)(C)CCOCn1ccc2cc(Br)ccc21. The Labute approximate surface area is 298 Å². The lowest BCUT2D eigenvalue weighted by molar-refractivity contribution is 0.0901. The summed E-state index contributed by atoms with van der Waals surface area (Å²) < 4.78 is 17.1. The maximum absolute atomic E-state index is 5.86. The van der Waals surface area contributed by atoms with Gasteiger partial charge in [-0.05, 0) is 60.6 Å². The maximum atomic E-state index is 5.86. The second kappa shape index (κ2) is 18.1. The highest BCUT2D eigenvalue weighted by molar-refractivity contribution is 9.10. The minimum absolute atomic E-state index is 0.633. The van der Waals surface area contributed by atoms with E-state index in [0.29, 0.717) is 13.5 Å². The maximum Gasteiger partial charge on any atom is 0.129 e. The Hall–Kier alpha value is -2.09. The zero-order valence-electron chi connectivity index (χ0n) is 31.2. The lowest BCUT2D eigenvalue weighted by atomic mass is 10.2. The summed E-state index contributed by atoms with van der Waals surface area (Å²) in [5.41, 5.74) is 9.73. The van der Waals surface area contributed by atoms with Crippen molar-refractivity contribution in [1.82, 2.24) is 9.13 Å². The molecule has 9 heteroatoms. The van der Waals surface area contributed by atoms with Crippen LogP contribution >= 0.6 is 15.9 Å². The van der Waals surface area contributed by atoms with Crippen molar-refractivity contribution in [3.8, 4) is 23.4 Å². The summed E-state index contributed by atoms with van der Waals surface area (Å²) >= 11 is 3.49. The molecule has 47 heavy (non-hydrogen) atoms. The van der Waals surface area contributed by atoms with E-state index < -0.39 is 32.3 Å². The summed E-state index contributed by atoms with van der Waals surface area (Å²) in [4.78, 5) is 0. The second-order valence-corrected chi connectivity index (χ2v) is 38.3. The van der Waals surface area contributed by atoms with Crippen molar-refractivity contribution < 1.29 is 9.47 Å². The second-order valence-electron chi connectivity index (χ2n) is 16.6. The number of aromatic nitrogens is 2. The average Bonchev–Trinajstić information content (AvgIpc) is 3.54. The van der Waals surface area contributed by atoms with Crippen molar-refractivity contribution in [3.63, 3.8) is 0 Å². The summed E-state index contributed by atoms with van der Waals surface area (Å²) in [6.07, 6.45) is 9.31. The minimum atomic E-state index is -1.32. The van der Waals surface area contributed by atoms with Crippen LogP contribution in [0, 0.1) is 23.4 Å². The number of halogens is 1. The molecule has 0 atom stereocenters. The number of nitrogens with zero attached hydrogens (tertiary/aromatic N) is 2. The van der Waals surface area contributed by atoms with Crippen LogP contribution in [-0.4, -0.2) is 54.6 Å². The van der Waals surface area contributed by atoms with Crippen molar-refractivity contribution in [2.45, 2.75) is 104 Å². The fourth-order valence-electron chi connectivity index (χ4n) is 4.02. The standard InChI is InChI=1S/C19H29NOSi2.C14H20BrNOSi.C5H10Si/c1-22(2,3)13-10-17-7-8-19-18(15-17)9-11-20(19)16-21-12-14-23(4,5)6;1-18(2,3)9-8-17-11-16-7-6-12-10-13(15)4-5-14(12)16;1-5-6(2,3)4/h7-9,11,15H,12,14,16H2,1-6H3;4-7,10H,8-9,11H2,1-3H3;1H,2-4H3. The van der Waals surface area contributed by atoms with Crippen LogP contribution in [0.1, 0.15) is 5.56 Å². The van der Waals surface area contributed by atoms with Gasteiger partial charge < -0.3 is 18.6 Å². The summed E-state index contributed by atoms with van der Waals surface area (Å²) in [5, 5.41) is 2.49. The largest absolute Gasteiger partial charge is 0.361 e. The molecule has 0 fully saturated rings. The minimum Gasteiger partial charge on any atom is -0.361 e. The Morgan fingerprint density at radius 2 is 1.09 bits per heavy atom. The molecule has 0 radical (unpaired) electrons. The molecule has 2 aromatic carbocycles. The first-order chi connectivity index (χ1) is 21.7. The molecule has 0 aliphatic rings. The predicted molar refractivity (Wildman–Crippen MR) is 222 cm³/mol. The van der Waals surface area contributed by atoms with Gasteiger partial charge in [0.25, 0.3) is 0 Å². The van der Waals surface area contributed by atoms with Crippen LogP contribution in [0.4, 0.5) is 0 Å². The molecule has 0 N–H and O–H groups in total. The van der Waals surface area contributed by atoms with E-state index >= 15 is 0 Å². The number of terminal acetylenes is 1. The third-order valence-corrected chi connectivity index (χ3v) is 12.6. The van der Waals surface area contributed by atoms with Crippen LogP contribution in [0.15, 0.2) is 65.4 Å². The lowest BCUT2D eigenvalue weighted by Crippen LogP contribution is -2.21. The fourth-order valence-corrected chi connectivity index (χ4v) is 6.43. The lowest BCUT2D eigenvalue weighted by Gasteiger charge is -2.15. The van der Waals surface area contributed by atoms with Crippen molar-refractivity contribution in [2.24, 2.45) is 0 Å². The molecule has 0 saturated heterocycles. The molecule has 2 aromatic heterocycles. The van der Waals surface area contributed by atoms with Gasteiger partial charge in [0.1, 0.15) is 29.6 Å². The number of hydrogen-bond donors (Lipinski definition) is 0. The molecule has 0 unspecified atom stereocenters. The molecule has 4 rings (SSSR count). The van der Waals surface area contributed by atoms with Crippen LogP contribution in [0.3, 0.4) is 0 Å². The van der Waals surface area contributed by atoms with Crippen LogP contribution in [-0.2, 0) is 22.9 Å². The molecule has 256 valence electrons. The van der Waals surface area contributed by atoms with Gasteiger partial charge in [0.05, 0.1) is 11.0 Å². The molecule has 2 heterocycles. The first kappa shape index (κ1) is 41.1. The molecule has 0 saturated carbocycles. The van der Waals surface area contributed by atoms with Crippen LogP contribution < -0.4 is 0 Å². The van der Waals surface area contributed by atoms with Crippen molar-refractivity contribution in [3.05, 3.63) is 71.0 Å². The van der Waals surface area contributed by atoms with Crippen molar-refractivity contribution in [2.75, 3.05) is 13.2 Å². The molecular formula is C38H59BrN2O2Si4. The number of rotatable bonds is 10. The van der Waals surface area contributed by atoms with Gasteiger partial charge in [-0.2, -0.15) is 0 Å². The van der Waals surface area contributed by atoms with Gasteiger partial charge in [-0.25, -0.2) is 0 Å². The monoisotopic (exact) mass is 766 g/mol. The van der Waals surface area contributed by atoms with E-state index in [9.17, 15) is 0 Å². The third kappa shape index (κ3) is 17.2. The van der Waals surface area contributed by atoms with E-state index in [1.165, 1.54) is 33.9 Å². The zero-order chi connectivity index (χ0) is 35.5. The Balaban J connectivity index is 0.000000284. The summed E-state index contributed by atoms with van der Waals surface area (Å²) in [6.45, 7) is 30.5. The van der Waals surface area contributed by atoms with E-state index in [1.807, 2.05) is 0 Å². The Morgan fingerprint density at radius 1 is 0.638 bits per heavy atom. The normalized spacial score (nSPS) is 12.0. The van der Waals surface area contributed by atoms with E-state index in [0.717, 1.165) is 23.2 Å². The zero-order valence-corrected chi connectivity index (χ0v) is 36.8. The average molecular weight is 768 g/mol. The Bertz CT molecular complexity index is 1660. The quantitative estimate of drug-likeness (QED) is 0.0913. The van der Waals surface area contributed by atoms with Gasteiger partial charge in [-0.15, -0.1) is 17.5 Å². The summed E-state index contributed by atoms with van der Waals surface area (Å²) in [6, 6.07) is 19.5. The van der Waals surface area contributed by atoms with E-state index in [2.05, 4.69) is 182 Å². The number of benzene rings is 2. The highest BCUT2D eigenvalue weighted by Gasteiger charge is 2.13.